The maximum Gasteiger partial charge on any atom is 0.337 e. The van der Waals surface area contributed by atoms with Crippen molar-refractivity contribution in [2.45, 2.75) is 31.3 Å². The molecule has 9 heteroatoms. The predicted octanol–water partition coefficient (Wildman–Crippen LogP) is 2.14. The van der Waals surface area contributed by atoms with Gasteiger partial charge in [-0.3, -0.25) is 19.3 Å². The van der Waals surface area contributed by atoms with Crippen LogP contribution in [0, 0.1) is 5.82 Å². The number of esters is 1. The van der Waals surface area contributed by atoms with Crippen molar-refractivity contribution in [3.05, 3.63) is 65.5 Å². The smallest absolute Gasteiger partial charge is 0.337 e. The van der Waals surface area contributed by atoms with E-state index in [1.807, 2.05) is 4.90 Å². The Kier molecular flexibility index (Phi) is 6.50. The van der Waals surface area contributed by atoms with E-state index in [1.165, 1.54) is 43.5 Å². The third-order valence-corrected chi connectivity index (χ3v) is 6.08. The zero-order chi connectivity index (χ0) is 23.5. The minimum atomic E-state index is -0.550. The van der Waals surface area contributed by atoms with Gasteiger partial charge < -0.3 is 10.1 Å². The number of imide groups is 1. The highest BCUT2D eigenvalue weighted by atomic mass is 19.1. The number of hydrogen-bond donors (Lipinski definition) is 1. The Hall–Kier alpha value is -3.59. The van der Waals surface area contributed by atoms with Crippen LogP contribution in [0.4, 0.5) is 10.1 Å². The van der Waals surface area contributed by atoms with Crippen molar-refractivity contribution in [2.24, 2.45) is 0 Å². The van der Waals surface area contributed by atoms with E-state index < -0.39 is 17.8 Å². The molecule has 3 amide bonds. The first-order valence-corrected chi connectivity index (χ1v) is 10.7. The number of methoxy groups -OCH3 is 1. The van der Waals surface area contributed by atoms with E-state index >= 15 is 0 Å². The van der Waals surface area contributed by atoms with Crippen LogP contribution in [0.15, 0.2) is 48.5 Å². The number of carbonyl (C=O) groups excluding carboxylic acids is 4. The molecule has 1 N–H and O–H groups in total. The third-order valence-electron chi connectivity index (χ3n) is 6.08. The van der Waals surface area contributed by atoms with Crippen molar-refractivity contribution in [1.29, 1.82) is 0 Å². The van der Waals surface area contributed by atoms with Crippen LogP contribution in [-0.2, 0) is 14.3 Å². The molecule has 0 aromatic heterocycles. The van der Waals surface area contributed by atoms with Crippen LogP contribution in [0.2, 0.25) is 0 Å². The molecule has 2 heterocycles. The molecule has 1 atom stereocenters. The van der Waals surface area contributed by atoms with E-state index in [0.29, 0.717) is 42.7 Å². The van der Waals surface area contributed by atoms with Gasteiger partial charge in [0.1, 0.15) is 5.82 Å². The highest BCUT2D eigenvalue weighted by Gasteiger charge is 2.43. The number of hydrogen-bond acceptors (Lipinski definition) is 6. The second-order valence-electron chi connectivity index (χ2n) is 8.12. The summed E-state index contributed by atoms with van der Waals surface area (Å²) in [5.74, 6) is -1.73. The molecule has 2 aromatic carbocycles. The molecule has 33 heavy (non-hydrogen) atoms. The summed E-state index contributed by atoms with van der Waals surface area (Å²) in [5, 5.41) is 2.95. The zero-order valence-corrected chi connectivity index (χ0v) is 18.1. The largest absolute Gasteiger partial charge is 0.465 e. The summed E-state index contributed by atoms with van der Waals surface area (Å²) in [6, 6.07) is 10.9. The number of rotatable bonds is 5. The van der Waals surface area contributed by atoms with Gasteiger partial charge in [0, 0.05) is 24.7 Å². The SMILES string of the molecule is COC(=O)c1ccc(N2C(=O)C[C@@H](N3CCC(NC(=O)c4ccc(F)cc4)CC3)C2=O)cc1. The molecular weight excluding hydrogens is 429 g/mol. The van der Waals surface area contributed by atoms with E-state index in [-0.39, 0.29) is 30.2 Å². The Labute approximate surface area is 190 Å². The van der Waals surface area contributed by atoms with Gasteiger partial charge in [0.25, 0.3) is 11.8 Å². The van der Waals surface area contributed by atoms with E-state index in [1.54, 1.807) is 12.1 Å². The predicted molar refractivity (Wildman–Crippen MR) is 117 cm³/mol. The molecule has 0 unspecified atom stereocenters. The van der Waals surface area contributed by atoms with Gasteiger partial charge in [-0.25, -0.2) is 14.1 Å². The Bertz CT molecular complexity index is 1060. The average Bonchev–Trinajstić information content (AvgIpc) is 3.13. The molecule has 0 radical (unpaired) electrons. The third kappa shape index (κ3) is 4.78. The fourth-order valence-electron chi connectivity index (χ4n) is 4.26. The molecule has 0 bridgehead atoms. The molecule has 2 fully saturated rings. The van der Waals surface area contributed by atoms with Crippen molar-refractivity contribution in [1.82, 2.24) is 10.2 Å². The highest BCUT2D eigenvalue weighted by Crippen LogP contribution is 2.28. The molecule has 0 saturated carbocycles. The first-order chi connectivity index (χ1) is 15.9. The molecule has 2 saturated heterocycles. The lowest BCUT2D eigenvalue weighted by Gasteiger charge is -2.35. The molecule has 0 aliphatic carbocycles. The van der Waals surface area contributed by atoms with E-state index in [0.717, 1.165) is 4.90 Å². The lowest BCUT2D eigenvalue weighted by Crippen LogP contribution is -2.50. The maximum atomic E-state index is 13.0. The maximum absolute atomic E-state index is 13.0. The number of carbonyl (C=O) groups is 4. The molecule has 0 spiro atoms. The molecule has 4 rings (SSSR count). The average molecular weight is 453 g/mol. The van der Waals surface area contributed by atoms with E-state index in [9.17, 15) is 23.6 Å². The number of amides is 3. The number of likely N-dealkylation sites (tertiary alicyclic amines) is 1. The van der Waals surface area contributed by atoms with Gasteiger partial charge in [-0.15, -0.1) is 0 Å². The lowest BCUT2D eigenvalue weighted by molar-refractivity contribution is -0.123. The Morgan fingerprint density at radius 1 is 0.970 bits per heavy atom. The van der Waals surface area contributed by atoms with Crippen LogP contribution in [0.3, 0.4) is 0 Å². The highest BCUT2D eigenvalue weighted by molar-refractivity contribution is 6.22. The Morgan fingerprint density at radius 2 is 1.58 bits per heavy atom. The first-order valence-electron chi connectivity index (χ1n) is 10.7. The van der Waals surface area contributed by atoms with Gasteiger partial charge >= 0.3 is 5.97 Å². The van der Waals surface area contributed by atoms with Crippen molar-refractivity contribution >= 4 is 29.4 Å². The lowest BCUT2D eigenvalue weighted by atomic mass is 10.0. The Balaban J connectivity index is 1.34. The molecule has 172 valence electrons. The summed E-state index contributed by atoms with van der Waals surface area (Å²) in [4.78, 5) is 52.7. The number of nitrogens with one attached hydrogen (secondary N) is 1. The number of halogens is 1. The van der Waals surface area contributed by atoms with Gasteiger partial charge in [-0.05, 0) is 61.4 Å². The summed E-state index contributed by atoms with van der Waals surface area (Å²) < 4.78 is 17.7. The van der Waals surface area contributed by atoms with Gasteiger partial charge in [-0.2, -0.15) is 0 Å². The number of benzene rings is 2. The number of piperidine rings is 1. The van der Waals surface area contributed by atoms with Crippen LogP contribution < -0.4 is 10.2 Å². The van der Waals surface area contributed by atoms with Crippen molar-refractivity contribution in [2.75, 3.05) is 25.1 Å². The van der Waals surface area contributed by atoms with Crippen LogP contribution in [0.25, 0.3) is 0 Å². The van der Waals surface area contributed by atoms with Gasteiger partial charge in [0.05, 0.1) is 30.8 Å². The quantitative estimate of drug-likeness (QED) is 0.551. The second-order valence-corrected chi connectivity index (χ2v) is 8.12. The summed E-state index contributed by atoms with van der Waals surface area (Å²) in [6.07, 6.45) is 1.36. The molecule has 8 nitrogen and oxygen atoms in total. The van der Waals surface area contributed by atoms with Crippen LogP contribution >= 0.6 is 0 Å². The first kappa shape index (κ1) is 22.6. The molecular formula is C24H24FN3O5. The Morgan fingerprint density at radius 3 is 2.18 bits per heavy atom. The normalized spacial score (nSPS) is 19.6. The summed E-state index contributed by atoms with van der Waals surface area (Å²) in [5.41, 5.74) is 1.15. The van der Waals surface area contributed by atoms with Crippen LogP contribution in [0.1, 0.15) is 40.0 Å². The van der Waals surface area contributed by atoms with Gasteiger partial charge in [-0.1, -0.05) is 0 Å². The van der Waals surface area contributed by atoms with Crippen LogP contribution in [-0.4, -0.2) is 60.9 Å². The van der Waals surface area contributed by atoms with Gasteiger partial charge in [0.15, 0.2) is 0 Å². The van der Waals surface area contributed by atoms with Crippen molar-refractivity contribution in [3.63, 3.8) is 0 Å². The monoisotopic (exact) mass is 453 g/mol. The number of ether oxygens (including phenoxy) is 1. The van der Waals surface area contributed by atoms with Crippen molar-refractivity contribution < 1.29 is 28.3 Å². The van der Waals surface area contributed by atoms with E-state index in [2.05, 4.69) is 10.1 Å². The number of nitrogens with zero attached hydrogens (tertiary/aromatic N) is 2. The second kappa shape index (κ2) is 9.50. The van der Waals surface area contributed by atoms with Crippen LogP contribution in [0.5, 0.6) is 0 Å². The van der Waals surface area contributed by atoms with Gasteiger partial charge in [0.2, 0.25) is 5.91 Å². The standard InChI is InChI=1S/C24H24FN3O5/c1-33-24(32)16-4-8-19(9-5-16)28-21(29)14-20(23(28)31)27-12-10-18(11-13-27)26-22(30)15-2-6-17(25)7-3-15/h2-9,18,20H,10-14H2,1H3,(H,26,30)/t20-/m1/s1. The molecule has 2 aliphatic rings. The van der Waals surface area contributed by atoms with E-state index in [4.69, 9.17) is 0 Å². The topological polar surface area (TPSA) is 96.0 Å². The molecule has 2 aromatic rings. The van der Waals surface area contributed by atoms with Crippen molar-refractivity contribution in [3.8, 4) is 0 Å². The number of anilines is 1. The summed E-state index contributed by atoms with van der Waals surface area (Å²) >= 11 is 0. The minimum absolute atomic E-state index is 0.0621. The fraction of sp³-hybridized carbons (Fsp3) is 0.333. The summed E-state index contributed by atoms with van der Waals surface area (Å²) in [7, 11) is 1.28. The summed E-state index contributed by atoms with van der Waals surface area (Å²) in [6.45, 7) is 1.13. The zero-order valence-electron chi connectivity index (χ0n) is 18.1. The fourth-order valence-corrected chi connectivity index (χ4v) is 4.26. The molecule has 2 aliphatic heterocycles. The minimum Gasteiger partial charge on any atom is -0.465 e.